The topological polar surface area (TPSA) is 48.9 Å². The van der Waals surface area contributed by atoms with Gasteiger partial charge in [-0.1, -0.05) is 38.1 Å². The molecule has 1 atom stereocenters. The van der Waals surface area contributed by atoms with Gasteiger partial charge < -0.3 is 15.4 Å². The van der Waals surface area contributed by atoms with Crippen LogP contribution in [0, 0.1) is 5.82 Å². The van der Waals surface area contributed by atoms with E-state index in [0.29, 0.717) is 12.1 Å². The Balaban J connectivity index is 1.60. The van der Waals surface area contributed by atoms with Gasteiger partial charge in [0.25, 0.3) is 0 Å². The lowest BCUT2D eigenvalue weighted by atomic mass is 9.84. The fourth-order valence-corrected chi connectivity index (χ4v) is 4.46. The number of thiophene rings is 1. The molecule has 1 saturated heterocycles. The van der Waals surface area contributed by atoms with E-state index in [1.165, 1.54) is 10.9 Å². The summed E-state index contributed by atoms with van der Waals surface area (Å²) in [5, 5.41) is 8.95. The average molecular weight is 419 g/mol. The lowest BCUT2D eigenvalue weighted by Crippen LogP contribution is -2.48. The number of ether oxygens (including phenoxy) is 1. The van der Waals surface area contributed by atoms with Gasteiger partial charge >= 0.3 is 0 Å². The molecule has 0 bridgehead atoms. The molecule has 1 aromatic heterocycles. The van der Waals surface area contributed by atoms with Crippen LogP contribution in [0.25, 0.3) is 0 Å². The van der Waals surface area contributed by atoms with Crippen LogP contribution in [0.2, 0.25) is 0 Å². The van der Waals surface area contributed by atoms with Gasteiger partial charge in [0.1, 0.15) is 5.82 Å². The molecule has 0 amide bonds. The highest BCUT2D eigenvalue weighted by Crippen LogP contribution is 2.26. The fraction of sp³-hybridized carbons (Fsp3) is 0.500. The lowest BCUT2D eigenvalue weighted by molar-refractivity contribution is 0.0177. The van der Waals surface area contributed by atoms with Crippen LogP contribution in [0.15, 0.2) is 46.8 Å². The first-order valence-electron chi connectivity index (χ1n) is 10.1. The molecule has 0 spiro atoms. The molecule has 1 fully saturated rings. The third-order valence-corrected chi connectivity index (χ3v) is 6.32. The highest BCUT2D eigenvalue weighted by Gasteiger charge is 2.26. The number of morpholine rings is 1. The summed E-state index contributed by atoms with van der Waals surface area (Å²) in [4.78, 5) is 8.16. The third kappa shape index (κ3) is 5.78. The van der Waals surface area contributed by atoms with Crippen molar-refractivity contribution in [1.29, 1.82) is 0 Å². The van der Waals surface area contributed by atoms with Crippen molar-refractivity contribution in [2.45, 2.75) is 25.3 Å². The zero-order chi connectivity index (χ0) is 20.7. The van der Waals surface area contributed by atoms with Crippen molar-refractivity contribution in [2.24, 2.45) is 4.99 Å². The fourth-order valence-electron chi connectivity index (χ4n) is 3.60. The van der Waals surface area contributed by atoms with Crippen LogP contribution >= 0.6 is 11.3 Å². The Bertz CT molecular complexity index is 788. The molecule has 2 aromatic rings. The zero-order valence-corrected chi connectivity index (χ0v) is 18.3. The second-order valence-corrected chi connectivity index (χ2v) is 8.83. The van der Waals surface area contributed by atoms with Crippen molar-refractivity contribution >= 4 is 17.3 Å². The molecule has 1 aromatic carbocycles. The van der Waals surface area contributed by atoms with Crippen molar-refractivity contribution in [3.05, 3.63) is 58.0 Å². The Labute approximate surface area is 177 Å². The van der Waals surface area contributed by atoms with E-state index in [1.54, 1.807) is 24.5 Å². The minimum absolute atomic E-state index is 0.174. The van der Waals surface area contributed by atoms with Gasteiger partial charge in [0.05, 0.1) is 19.3 Å². The van der Waals surface area contributed by atoms with Crippen LogP contribution in [-0.4, -0.2) is 57.3 Å². The van der Waals surface area contributed by atoms with Gasteiger partial charge in [0.2, 0.25) is 0 Å². The Morgan fingerprint density at radius 2 is 1.97 bits per heavy atom. The first-order valence-corrected chi connectivity index (χ1v) is 10.9. The molecule has 0 saturated carbocycles. The lowest BCUT2D eigenvalue weighted by Gasteiger charge is -2.34. The second kappa shape index (κ2) is 10.2. The molecule has 1 aliphatic heterocycles. The van der Waals surface area contributed by atoms with E-state index < -0.39 is 0 Å². The van der Waals surface area contributed by atoms with Crippen molar-refractivity contribution in [3.63, 3.8) is 0 Å². The van der Waals surface area contributed by atoms with Crippen molar-refractivity contribution < 1.29 is 9.13 Å². The van der Waals surface area contributed by atoms with Crippen LogP contribution in [0.5, 0.6) is 0 Å². The summed E-state index contributed by atoms with van der Waals surface area (Å²) in [7, 11) is 1.76. The van der Waals surface area contributed by atoms with Crippen molar-refractivity contribution in [1.82, 2.24) is 15.5 Å². The molecule has 1 unspecified atom stereocenters. The molecule has 29 heavy (non-hydrogen) atoms. The summed E-state index contributed by atoms with van der Waals surface area (Å²) in [5.41, 5.74) is 0.341. The summed E-state index contributed by atoms with van der Waals surface area (Å²) in [5.74, 6) is 0.552. The summed E-state index contributed by atoms with van der Waals surface area (Å²) in [6.07, 6.45) is 0. The molecule has 7 heteroatoms. The summed E-state index contributed by atoms with van der Waals surface area (Å²) < 4.78 is 19.7. The van der Waals surface area contributed by atoms with E-state index in [9.17, 15) is 4.39 Å². The van der Waals surface area contributed by atoms with Crippen LogP contribution in [0.4, 0.5) is 4.39 Å². The SMILES string of the molecule is CN=C(NCC(c1cccs1)N1CCOCC1)NCC(C)(C)c1ccccc1F. The molecule has 3 rings (SSSR count). The maximum Gasteiger partial charge on any atom is 0.191 e. The van der Waals surface area contributed by atoms with Gasteiger partial charge in [0.15, 0.2) is 5.96 Å². The normalized spacial score (nSPS) is 17.2. The maximum absolute atomic E-state index is 14.2. The Kier molecular flexibility index (Phi) is 7.64. The second-order valence-electron chi connectivity index (χ2n) is 7.85. The molecular weight excluding hydrogens is 387 g/mol. The number of aliphatic imine (C=N–C) groups is 1. The number of benzene rings is 1. The van der Waals surface area contributed by atoms with E-state index in [-0.39, 0.29) is 17.3 Å². The maximum atomic E-state index is 14.2. The molecule has 158 valence electrons. The van der Waals surface area contributed by atoms with E-state index in [0.717, 1.165) is 38.8 Å². The number of halogens is 1. The van der Waals surface area contributed by atoms with Gasteiger partial charge in [-0.05, 0) is 23.1 Å². The quantitative estimate of drug-likeness (QED) is 0.535. The average Bonchev–Trinajstić information content (AvgIpc) is 3.26. The third-order valence-electron chi connectivity index (χ3n) is 5.35. The monoisotopic (exact) mass is 418 g/mol. The minimum atomic E-state index is -0.361. The molecule has 2 heterocycles. The zero-order valence-electron chi connectivity index (χ0n) is 17.5. The summed E-state index contributed by atoms with van der Waals surface area (Å²) >= 11 is 1.78. The first kappa shape index (κ1) is 21.7. The molecule has 1 aliphatic rings. The van der Waals surface area contributed by atoms with Gasteiger partial charge in [-0.25, -0.2) is 4.39 Å². The number of rotatable bonds is 7. The summed E-state index contributed by atoms with van der Waals surface area (Å²) in [6, 6.07) is 11.5. The van der Waals surface area contributed by atoms with Gasteiger partial charge in [-0.2, -0.15) is 0 Å². The number of nitrogens with zero attached hydrogens (tertiary/aromatic N) is 2. The number of hydrogen-bond acceptors (Lipinski definition) is 4. The highest BCUT2D eigenvalue weighted by atomic mass is 32.1. The Hall–Kier alpha value is -1.96. The van der Waals surface area contributed by atoms with E-state index in [4.69, 9.17) is 4.74 Å². The van der Waals surface area contributed by atoms with E-state index in [2.05, 4.69) is 38.0 Å². The Morgan fingerprint density at radius 1 is 1.21 bits per heavy atom. The molecule has 0 aliphatic carbocycles. The number of hydrogen-bond donors (Lipinski definition) is 2. The van der Waals surface area contributed by atoms with Crippen LogP contribution in [0.3, 0.4) is 0 Å². The van der Waals surface area contributed by atoms with E-state index in [1.807, 2.05) is 26.0 Å². The van der Waals surface area contributed by atoms with Gasteiger partial charge in [-0.15, -0.1) is 11.3 Å². The highest BCUT2D eigenvalue weighted by molar-refractivity contribution is 7.10. The van der Waals surface area contributed by atoms with Crippen LogP contribution in [-0.2, 0) is 10.2 Å². The summed E-state index contributed by atoms with van der Waals surface area (Å²) in [6.45, 7) is 8.79. The molecule has 5 nitrogen and oxygen atoms in total. The molecule has 0 radical (unpaired) electrons. The first-order chi connectivity index (χ1) is 14.0. The predicted molar refractivity (Wildman–Crippen MR) is 118 cm³/mol. The van der Waals surface area contributed by atoms with E-state index >= 15 is 0 Å². The minimum Gasteiger partial charge on any atom is -0.379 e. The smallest absolute Gasteiger partial charge is 0.191 e. The van der Waals surface area contributed by atoms with Crippen LogP contribution < -0.4 is 10.6 Å². The van der Waals surface area contributed by atoms with Gasteiger partial charge in [-0.3, -0.25) is 9.89 Å². The molecule has 2 N–H and O–H groups in total. The van der Waals surface area contributed by atoms with Crippen LogP contribution in [0.1, 0.15) is 30.3 Å². The predicted octanol–water partition coefficient (Wildman–Crippen LogP) is 3.40. The van der Waals surface area contributed by atoms with Gasteiger partial charge in [0, 0.05) is 43.5 Å². The molecular formula is C22H31FN4OS. The standard InChI is InChI=1S/C22H31FN4OS/c1-22(2,17-7-4-5-8-18(17)23)16-26-21(24-3)25-15-19(20-9-6-14-29-20)27-10-12-28-13-11-27/h4-9,14,19H,10-13,15-16H2,1-3H3,(H2,24,25,26). The Morgan fingerprint density at radius 3 is 2.62 bits per heavy atom. The van der Waals surface area contributed by atoms with Crippen molar-refractivity contribution in [3.8, 4) is 0 Å². The number of nitrogens with one attached hydrogen (secondary N) is 2. The number of guanidine groups is 1. The van der Waals surface area contributed by atoms with Crippen molar-refractivity contribution in [2.75, 3.05) is 46.4 Å². The largest absolute Gasteiger partial charge is 0.379 e.